The summed E-state index contributed by atoms with van der Waals surface area (Å²) in [6.45, 7) is 3.78. The fourth-order valence-electron chi connectivity index (χ4n) is 2.92. The number of aryl methyl sites for hydroxylation is 1. The van der Waals surface area contributed by atoms with Gasteiger partial charge in [-0.05, 0) is 25.8 Å². The van der Waals surface area contributed by atoms with Gasteiger partial charge in [-0.2, -0.15) is 0 Å². The Morgan fingerprint density at radius 3 is 2.78 bits per heavy atom. The molecule has 1 saturated heterocycles. The highest BCUT2D eigenvalue weighted by Crippen LogP contribution is 2.29. The molecule has 3 heterocycles. The van der Waals surface area contributed by atoms with Gasteiger partial charge >= 0.3 is 0 Å². The van der Waals surface area contributed by atoms with E-state index in [1.807, 2.05) is 13.0 Å². The van der Waals surface area contributed by atoms with E-state index >= 15 is 0 Å². The summed E-state index contributed by atoms with van der Waals surface area (Å²) in [4.78, 5) is 17.4. The molecular formula is C16H19Cl2N5. The molecule has 122 valence electrons. The summed E-state index contributed by atoms with van der Waals surface area (Å²) in [5.74, 6) is 1.74. The van der Waals surface area contributed by atoms with Gasteiger partial charge in [-0.1, -0.05) is 23.2 Å². The van der Waals surface area contributed by atoms with E-state index in [-0.39, 0.29) is 0 Å². The van der Waals surface area contributed by atoms with Gasteiger partial charge in [0.15, 0.2) is 0 Å². The van der Waals surface area contributed by atoms with Crippen molar-refractivity contribution < 1.29 is 0 Å². The van der Waals surface area contributed by atoms with Crippen LogP contribution in [0.1, 0.15) is 18.5 Å². The lowest BCUT2D eigenvalue weighted by Crippen LogP contribution is -2.47. The molecule has 1 unspecified atom stereocenters. The molecular weight excluding hydrogens is 333 g/mol. The standard InChI is InChI=1S/C16H19Cl2N5/c1-11-6-15(21-10-20-11)22(2)13-4-3-5-23(9-13)16-14(18)7-12(17)8-19-16/h6-8,10,13H,3-5,9H2,1-2H3. The molecule has 1 atom stereocenters. The molecule has 1 aliphatic heterocycles. The number of piperidine rings is 1. The maximum absolute atomic E-state index is 6.31. The zero-order valence-corrected chi connectivity index (χ0v) is 14.7. The normalized spacial score (nSPS) is 18.1. The molecule has 5 nitrogen and oxygen atoms in total. The molecule has 3 rings (SSSR count). The van der Waals surface area contributed by atoms with Crippen molar-refractivity contribution >= 4 is 34.8 Å². The number of nitrogens with zero attached hydrogens (tertiary/aromatic N) is 5. The van der Waals surface area contributed by atoms with Crippen molar-refractivity contribution in [2.24, 2.45) is 0 Å². The van der Waals surface area contributed by atoms with E-state index in [2.05, 4.69) is 31.8 Å². The average Bonchev–Trinajstić information content (AvgIpc) is 2.54. The van der Waals surface area contributed by atoms with E-state index in [0.717, 1.165) is 43.3 Å². The SMILES string of the molecule is Cc1cc(N(C)C2CCCN(c3ncc(Cl)cc3Cl)C2)ncn1. The molecule has 0 saturated carbocycles. The molecule has 0 aliphatic carbocycles. The molecule has 0 N–H and O–H groups in total. The van der Waals surface area contributed by atoms with Crippen LogP contribution < -0.4 is 9.80 Å². The second-order valence-corrected chi connectivity index (χ2v) is 6.67. The predicted octanol–water partition coefficient (Wildman–Crippen LogP) is 3.59. The third-order valence-corrected chi connectivity index (χ3v) is 4.67. The number of anilines is 2. The number of halogens is 2. The molecule has 2 aromatic heterocycles. The number of likely N-dealkylation sites (N-methyl/N-ethyl adjacent to an activating group) is 1. The van der Waals surface area contributed by atoms with Crippen LogP contribution in [-0.4, -0.2) is 41.1 Å². The number of rotatable bonds is 3. The monoisotopic (exact) mass is 351 g/mol. The van der Waals surface area contributed by atoms with Gasteiger partial charge in [-0.25, -0.2) is 15.0 Å². The second-order valence-electron chi connectivity index (χ2n) is 5.83. The van der Waals surface area contributed by atoms with Crippen molar-refractivity contribution in [3.05, 3.63) is 40.4 Å². The maximum Gasteiger partial charge on any atom is 0.147 e. The minimum atomic E-state index is 0.353. The molecule has 1 aliphatic rings. The summed E-state index contributed by atoms with van der Waals surface area (Å²) in [5, 5.41) is 1.15. The Labute approximate surface area is 146 Å². The smallest absolute Gasteiger partial charge is 0.147 e. The van der Waals surface area contributed by atoms with Crippen molar-refractivity contribution in [1.29, 1.82) is 0 Å². The van der Waals surface area contributed by atoms with Crippen molar-refractivity contribution in [2.45, 2.75) is 25.8 Å². The molecule has 0 spiro atoms. The Morgan fingerprint density at radius 2 is 2.04 bits per heavy atom. The first-order valence-electron chi connectivity index (χ1n) is 7.62. The van der Waals surface area contributed by atoms with Gasteiger partial charge in [0.25, 0.3) is 0 Å². The van der Waals surface area contributed by atoms with Gasteiger partial charge in [0.1, 0.15) is 18.0 Å². The van der Waals surface area contributed by atoms with Crippen LogP contribution in [0.5, 0.6) is 0 Å². The third kappa shape index (κ3) is 3.67. The molecule has 0 aromatic carbocycles. The number of hydrogen-bond acceptors (Lipinski definition) is 5. The van der Waals surface area contributed by atoms with Crippen LogP contribution in [0, 0.1) is 6.92 Å². The summed E-state index contributed by atoms with van der Waals surface area (Å²) < 4.78 is 0. The lowest BCUT2D eigenvalue weighted by Gasteiger charge is -2.39. The third-order valence-electron chi connectivity index (χ3n) is 4.18. The van der Waals surface area contributed by atoms with Gasteiger partial charge in [-0.15, -0.1) is 0 Å². The molecule has 0 radical (unpaired) electrons. The highest BCUT2D eigenvalue weighted by Gasteiger charge is 2.26. The van der Waals surface area contributed by atoms with E-state index in [1.165, 1.54) is 0 Å². The van der Waals surface area contributed by atoms with E-state index in [4.69, 9.17) is 23.2 Å². The molecule has 0 amide bonds. The summed E-state index contributed by atoms with van der Waals surface area (Å²) in [5.41, 5.74) is 0.969. The maximum atomic E-state index is 6.31. The van der Waals surface area contributed by atoms with Crippen LogP contribution >= 0.6 is 23.2 Å². The van der Waals surface area contributed by atoms with Gasteiger partial charge in [0.2, 0.25) is 0 Å². The first kappa shape index (κ1) is 16.3. The van der Waals surface area contributed by atoms with Crippen LogP contribution in [0.4, 0.5) is 11.6 Å². The molecule has 7 heteroatoms. The second kappa shape index (κ2) is 6.89. The van der Waals surface area contributed by atoms with Crippen LogP contribution in [0.3, 0.4) is 0 Å². The number of aromatic nitrogens is 3. The van der Waals surface area contributed by atoms with Crippen molar-refractivity contribution in [2.75, 3.05) is 29.9 Å². The van der Waals surface area contributed by atoms with E-state index in [9.17, 15) is 0 Å². The summed E-state index contributed by atoms with van der Waals surface area (Å²) >= 11 is 12.2. The zero-order valence-electron chi connectivity index (χ0n) is 13.2. The van der Waals surface area contributed by atoms with Gasteiger partial charge < -0.3 is 9.80 Å². The van der Waals surface area contributed by atoms with Crippen LogP contribution in [-0.2, 0) is 0 Å². The number of pyridine rings is 1. The molecule has 1 fully saturated rings. The number of hydrogen-bond donors (Lipinski definition) is 0. The minimum absolute atomic E-state index is 0.353. The molecule has 23 heavy (non-hydrogen) atoms. The summed E-state index contributed by atoms with van der Waals surface area (Å²) in [7, 11) is 2.08. The highest BCUT2D eigenvalue weighted by molar-refractivity contribution is 6.36. The quantitative estimate of drug-likeness (QED) is 0.845. The molecule has 0 bridgehead atoms. The lowest BCUT2D eigenvalue weighted by molar-refractivity contribution is 0.483. The Kier molecular flexibility index (Phi) is 4.87. The van der Waals surface area contributed by atoms with E-state index in [0.29, 0.717) is 16.1 Å². The lowest BCUT2D eigenvalue weighted by atomic mass is 10.0. The topological polar surface area (TPSA) is 45.2 Å². The zero-order chi connectivity index (χ0) is 16.4. The summed E-state index contributed by atoms with van der Waals surface area (Å²) in [6.07, 6.45) is 5.45. The Morgan fingerprint density at radius 1 is 1.22 bits per heavy atom. The Balaban J connectivity index is 1.77. The Bertz CT molecular complexity index is 694. The predicted molar refractivity (Wildman–Crippen MR) is 94.7 cm³/mol. The first-order valence-corrected chi connectivity index (χ1v) is 8.37. The van der Waals surface area contributed by atoms with Crippen molar-refractivity contribution in [3.63, 3.8) is 0 Å². The van der Waals surface area contributed by atoms with Crippen LogP contribution in [0.15, 0.2) is 24.7 Å². The van der Waals surface area contributed by atoms with Crippen LogP contribution in [0.25, 0.3) is 0 Å². The minimum Gasteiger partial charge on any atom is -0.355 e. The van der Waals surface area contributed by atoms with Gasteiger partial charge in [-0.3, -0.25) is 0 Å². The molecule has 2 aromatic rings. The average molecular weight is 352 g/mol. The van der Waals surface area contributed by atoms with Crippen molar-refractivity contribution in [3.8, 4) is 0 Å². The first-order chi connectivity index (χ1) is 11.0. The summed E-state index contributed by atoms with van der Waals surface area (Å²) in [6, 6.07) is 4.10. The van der Waals surface area contributed by atoms with Gasteiger partial charge in [0.05, 0.1) is 10.0 Å². The fraction of sp³-hybridized carbons (Fsp3) is 0.438. The largest absolute Gasteiger partial charge is 0.355 e. The van der Waals surface area contributed by atoms with Crippen molar-refractivity contribution in [1.82, 2.24) is 15.0 Å². The van der Waals surface area contributed by atoms with E-state index < -0.39 is 0 Å². The fourth-order valence-corrected chi connectivity index (χ4v) is 3.42. The van der Waals surface area contributed by atoms with Gasteiger partial charge in [0, 0.05) is 44.1 Å². The highest BCUT2D eigenvalue weighted by atomic mass is 35.5. The van der Waals surface area contributed by atoms with Crippen LogP contribution in [0.2, 0.25) is 10.0 Å². The Hall–Kier alpha value is -1.59. The van der Waals surface area contributed by atoms with E-state index in [1.54, 1.807) is 18.6 Å².